The Hall–Kier alpha value is -0.750. The second kappa shape index (κ2) is 6.80. The molecule has 2 aromatic rings. The monoisotopic (exact) mass is 401 g/mol. The second-order valence-corrected chi connectivity index (χ2v) is 6.15. The standard InChI is InChI=1S/C15H14Br2FNO/c16-11-5-2-1-4-9(11)10(8-19)15(20)14-12(17)6-3-7-13(14)18/h1-7,10,15,20H,8,19H2. The van der Waals surface area contributed by atoms with Gasteiger partial charge in [0.15, 0.2) is 0 Å². The third-order valence-electron chi connectivity index (χ3n) is 3.24. The lowest BCUT2D eigenvalue weighted by Crippen LogP contribution is -2.21. The second-order valence-electron chi connectivity index (χ2n) is 4.44. The highest BCUT2D eigenvalue weighted by molar-refractivity contribution is 9.10. The molecule has 2 nitrogen and oxygen atoms in total. The molecule has 2 rings (SSSR count). The lowest BCUT2D eigenvalue weighted by atomic mass is 9.89. The van der Waals surface area contributed by atoms with E-state index in [4.69, 9.17) is 5.73 Å². The Labute approximate surface area is 134 Å². The van der Waals surface area contributed by atoms with Gasteiger partial charge in [-0.15, -0.1) is 0 Å². The molecule has 0 bridgehead atoms. The van der Waals surface area contributed by atoms with Gasteiger partial charge < -0.3 is 10.8 Å². The fourth-order valence-corrected chi connectivity index (χ4v) is 3.35. The Kier molecular flexibility index (Phi) is 5.32. The molecule has 5 heteroatoms. The predicted octanol–water partition coefficient (Wildman–Crippen LogP) is 4.13. The van der Waals surface area contributed by atoms with Crippen molar-refractivity contribution in [1.29, 1.82) is 0 Å². The van der Waals surface area contributed by atoms with E-state index in [-0.39, 0.29) is 12.1 Å². The molecule has 2 unspecified atom stereocenters. The van der Waals surface area contributed by atoms with Crippen molar-refractivity contribution >= 4 is 31.9 Å². The smallest absolute Gasteiger partial charge is 0.130 e. The van der Waals surface area contributed by atoms with E-state index < -0.39 is 17.8 Å². The highest BCUT2D eigenvalue weighted by atomic mass is 79.9. The van der Waals surface area contributed by atoms with Gasteiger partial charge in [0.2, 0.25) is 0 Å². The molecule has 0 aliphatic rings. The Morgan fingerprint density at radius 3 is 2.30 bits per heavy atom. The number of aliphatic hydroxyl groups is 1. The predicted molar refractivity (Wildman–Crippen MR) is 85.0 cm³/mol. The summed E-state index contributed by atoms with van der Waals surface area (Å²) in [6.45, 7) is 0.213. The molecule has 2 aromatic carbocycles. The van der Waals surface area contributed by atoms with Crippen molar-refractivity contribution in [2.75, 3.05) is 6.54 Å². The topological polar surface area (TPSA) is 46.2 Å². The van der Waals surface area contributed by atoms with Gasteiger partial charge in [0.25, 0.3) is 0 Å². The van der Waals surface area contributed by atoms with E-state index in [1.807, 2.05) is 24.3 Å². The Morgan fingerprint density at radius 1 is 1.05 bits per heavy atom. The molecule has 20 heavy (non-hydrogen) atoms. The summed E-state index contributed by atoms with van der Waals surface area (Å²) in [6.07, 6.45) is -1.02. The van der Waals surface area contributed by atoms with Crippen LogP contribution in [-0.2, 0) is 0 Å². The molecule has 0 saturated heterocycles. The van der Waals surface area contributed by atoms with Gasteiger partial charge in [-0.2, -0.15) is 0 Å². The van der Waals surface area contributed by atoms with Gasteiger partial charge in [-0.1, -0.05) is 56.1 Å². The minimum Gasteiger partial charge on any atom is -0.388 e. The number of nitrogens with two attached hydrogens (primary N) is 1. The molecule has 0 heterocycles. The number of halogens is 3. The van der Waals surface area contributed by atoms with Gasteiger partial charge in [-0.25, -0.2) is 4.39 Å². The van der Waals surface area contributed by atoms with Crippen LogP contribution in [0.5, 0.6) is 0 Å². The lowest BCUT2D eigenvalue weighted by molar-refractivity contribution is 0.142. The Morgan fingerprint density at radius 2 is 1.70 bits per heavy atom. The number of benzene rings is 2. The van der Waals surface area contributed by atoms with Crippen LogP contribution in [0.2, 0.25) is 0 Å². The van der Waals surface area contributed by atoms with Crippen molar-refractivity contribution in [3.05, 3.63) is 68.4 Å². The van der Waals surface area contributed by atoms with Crippen molar-refractivity contribution in [2.24, 2.45) is 5.73 Å². The SMILES string of the molecule is NCC(c1ccccc1Br)C(O)c1c(F)cccc1Br. The first kappa shape index (κ1) is 15.6. The molecular formula is C15H14Br2FNO. The van der Waals surface area contributed by atoms with Crippen molar-refractivity contribution < 1.29 is 9.50 Å². The van der Waals surface area contributed by atoms with Crippen LogP contribution in [0.1, 0.15) is 23.1 Å². The van der Waals surface area contributed by atoms with Gasteiger partial charge in [0, 0.05) is 27.0 Å². The van der Waals surface area contributed by atoms with Gasteiger partial charge >= 0.3 is 0 Å². The van der Waals surface area contributed by atoms with Gasteiger partial charge in [-0.3, -0.25) is 0 Å². The van der Waals surface area contributed by atoms with E-state index in [1.165, 1.54) is 6.07 Å². The molecule has 0 fully saturated rings. The molecule has 3 N–H and O–H groups in total. The summed E-state index contributed by atoms with van der Waals surface area (Å²) in [5, 5.41) is 10.5. The Balaban J connectivity index is 2.45. The molecule has 2 atom stereocenters. The summed E-state index contributed by atoms with van der Waals surface area (Å²) >= 11 is 6.73. The molecule has 0 radical (unpaired) electrons. The minimum atomic E-state index is -1.02. The quantitative estimate of drug-likeness (QED) is 0.807. The fourth-order valence-electron chi connectivity index (χ4n) is 2.20. The fraction of sp³-hybridized carbons (Fsp3) is 0.200. The number of rotatable bonds is 4. The zero-order valence-electron chi connectivity index (χ0n) is 10.6. The van der Waals surface area contributed by atoms with Crippen molar-refractivity contribution in [2.45, 2.75) is 12.0 Å². The number of hydrogen-bond acceptors (Lipinski definition) is 2. The van der Waals surface area contributed by atoms with Gasteiger partial charge in [0.1, 0.15) is 5.82 Å². The van der Waals surface area contributed by atoms with E-state index in [1.54, 1.807) is 12.1 Å². The summed E-state index contributed by atoms with van der Waals surface area (Å²) in [4.78, 5) is 0. The third-order valence-corrected chi connectivity index (χ3v) is 4.65. The highest BCUT2D eigenvalue weighted by Crippen LogP contribution is 2.37. The van der Waals surface area contributed by atoms with Crippen LogP contribution in [0.15, 0.2) is 51.4 Å². The van der Waals surface area contributed by atoms with E-state index in [2.05, 4.69) is 31.9 Å². The molecule has 0 aliphatic carbocycles. The zero-order chi connectivity index (χ0) is 14.7. The molecule has 106 valence electrons. The van der Waals surface area contributed by atoms with E-state index in [9.17, 15) is 9.50 Å². The highest BCUT2D eigenvalue weighted by Gasteiger charge is 2.27. The van der Waals surface area contributed by atoms with Crippen LogP contribution in [-0.4, -0.2) is 11.7 Å². The molecule has 0 amide bonds. The minimum absolute atomic E-state index is 0.213. The average Bonchev–Trinajstić information content (AvgIpc) is 2.41. The lowest BCUT2D eigenvalue weighted by Gasteiger charge is -2.24. The molecule has 0 aliphatic heterocycles. The molecule has 0 aromatic heterocycles. The first-order valence-corrected chi connectivity index (χ1v) is 7.71. The summed E-state index contributed by atoms with van der Waals surface area (Å²) in [7, 11) is 0. The van der Waals surface area contributed by atoms with Crippen LogP contribution in [0.25, 0.3) is 0 Å². The molecule has 0 spiro atoms. The first-order chi connectivity index (χ1) is 9.56. The molecular weight excluding hydrogens is 389 g/mol. The average molecular weight is 403 g/mol. The summed E-state index contributed by atoms with van der Waals surface area (Å²) < 4.78 is 15.4. The molecule has 0 saturated carbocycles. The number of hydrogen-bond donors (Lipinski definition) is 2. The summed E-state index contributed by atoms with van der Waals surface area (Å²) in [5.74, 6) is -0.837. The van der Waals surface area contributed by atoms with Gasteiger partial charge in [0.05, 0.1) is 6.10 Å². The maximum Gasteiger partial charge on any atom is 0.130 e. The van der Waals surface area contributed by atoms with Crippen molar-refractivity contribution in [1.82, 2.24) is 0 Å². The first-order valence-electron chi connectivity index (χ1n) is 6.12. The van der Waals surface area contributed by atoms with Crippen LogP contribution in [0.4, 0.5) is 4.39 Å². The van der Waals surface area contributed by atoms with Gasteiger partial charge in [-0.05, 0) is 23.8 Å². The maximum atomic E-state index is 14.0. The largest absolute Gasteiger partial charge is 0.388 e. The van der Waals surface area contributed by atoms with Crippen LogP contribution < -0.4 is 5.73 Å². The third kappa shape index (κ3) is 3.11. The van der Waals surface area contributed by atoms with Crippen molar-refractivity contribution in [3.63, 3.8) is 0 Å². The maximum absolute atomic E-state index is 14.0. The zero-order valence-corrected chi connectivity index (χ0v) is 13.7. The van der Waals surface area contributed by atoms with Crippen LogP contribution >= 0.6 is 31.9 Å². The van der Waals surface area contributed by atoms with Crippen LogP contribution in [0.3, 0.4) is 0 Å². The summed E-state index contributed by atoms with van der Waals surface area (Å²) in [6, 6.07) is 12.1. The van der Waals surface area contributed by atoms with Crippen molar-refractivity contribution in [3.8, 4) is 0 Å². The number of aliphatic hydroxyl groups excluding tert-OH is 1. The van der Waals surface area contributed by atoms with Crippen LogP contribution in [0, 0.1) is 5.82 Å². The Bertz CT molecular complexity index is 586. The van der Waals surface area contributed by atoms with E-state index >= 15 is 0 Å². The summed E-state index contributed by atoms with van der Waals surface area (Å²) in [5.41, 5.74) is 6.89. The van der Waals surface area contributed by atoms with E-state index in [0.717, 1.165) is 10.0 Å². The normalized spacial score (nSPS) is 14.1. The van der Waals surface area contributed by atoms with E-state index in [0.29, 0.717) is 4.47 Å².